The van der Waals surface area contributed by atoms with E-state index in [9.17, 15) is 13.2 Å². The second-order valence-electron chi connectivity index (χ2n) is 8.44. The molecule has 1 N–H and O–H groups in total. The summed E-state index contributed by atoms with van der Waals surface area (Å²) in [6.07, 6.45) is 10.2. The lowest BCUT2D eigenvalue weighted by Gasteiger charge is -2.44. The summed E-state index contributed by atoms with van der Waals surface area (Å²) in [6, 6.07) is 9.86. The zero-order valence-corrected chi connectivity index (χ0v) is 17.7. The molecule has 0 spiro atoms. The Bertz CT molecular complexity index is 962. The largest absolute Gasteiger partial charge is 0.333 e. The Morgan fingerprint density at radius 1 is 1.10 bits per heavy atom. The van der Waals surface area contributed by atoms with Crippen molar-refractivity contribution in [1.82, 2.24) is 15.1 Å². The minimum Gasteiger partial charge on any atom is -0.333 e. The summed E-state index contributed by atoms with van der Waals surface area (Å²) >= 11 is 0. The Morgan fingerprint density at radius 2 is 1.83 bits per heavy atom. The first kappa shape index (κ1) is 20.1. The molecule has 29 heavy (non-hydrogen) atoms. The Kier molecular flexibility index (Phi) is 5.51. The van der Waals surface area contributed by atoms with E-state index in [1.807, 2.05) is 23.1 Å². The fourth-order valence-corrected chi connectivity index (χ4v) is 5.93. The van der Waals surface area contributed by atoms with E-state index in [0.717, 1.165) is 56.9 Å². The molecule has 0 bridgehead atoms. The van der Waals surface area contributed by atoms with Gasteiger partial charge in [0.05, 0.1) is 23.3 Å². The van der Waals surface area contributed by atoms with Crippen LogP contribution in [0.25, 0.3) is 0 Å². The average molecular weight is 416 g/mol. The van der Waals surface area contributed by atoms with Crippen LogP contribution in [0.2, 0.25) is 0 Å². The third-order valence-electron chi connectivity index (χ3n) is 6.57. The molecular formula is C22H29N3O3S. The molecule has 1 saturated carbocycles. The van der Waals surface area contributed by atoms with Crippen LogP contribution in [0.1, 0.15) is 68.7 Å². The average Bonchev–Trinajstić information content (AvgIpc) is 3.25. The molecule has 1 aromatic carbocycles. The number of aromatic amines is 1. The summed E-state index contributed by atoms with van der Waals surface area (Å²) in [7, 11) is -3.41. The van der Waals surface area contributed by atoms with Crippen LogP contribution in [0.3, 0.4) is 0 Å². The molecule has 2 heterocycles. The number of nitrogens with one attached hydrogen (secondary N) is 1. The van der Waals surface area contributed by atoms with Gasteiger partial charge in [-0.2, -0.15) is 5.10 Å². The Hall–Kier alpha value is -2.15. The van der Waals surface area contributed by atoms with Crippen molar-refractivity contribution in [3.63, 3.8) is 0 Å². The number of carbonyl (C=O) groups excluding carboxylic acids is 1. The number of carbonyl (C=O) groups is 1. The van der Waals surface area contributed by atoms with Gasteiger partial charge in [-0.15, -0.1) is 0 Å². The van der Waals surface area contributed by atoms with Crippen LogP contribution in [0.15, 0.2) is 41.4 Å². The van der Waals surface area contributed by atoms with Crippen molar-refractivity contribution >= 4 is 15.7 Å². The first-order valence-electron chi connectivity index (χ1n) is 10.5. The molecule has 0 radical (unpaired) electrons. The van der Waals surface area contributed by atoms with Crippen molar-refractivity contribution in [3.05, 3.63) is 47.8 Å². The van der Waals surface area contributed by atoms with Crippen LogP contribution >= 0.6 is 0 Å². The van der Waals surface area contributed by atoms with E-state index >= 15 is 0 Å². The van der Waals surface area contributed by atoms with Crippen LogP contribution in [0.4, 0.5) is 0 Å². The summed E-state index contributed by atoms with van der Waals surface area (Å²) in [5.41, 5.74) is 1.13. The molecule has 7 heteroatoms. The molecule has 6 nitrogen and oxygen atoms in total. The molecule has 1 aliphatic heterocycles. The van der Waals surface area contributed by atoms with Crippen LogP contribution in [-0.2, 0) is 20.0 Å². The lowest BCUT2D eigenvalue weighted by atomic mass is 9.68. The first-order chi connectivity index (χ1) is 13.9. The van der Waals surface area contributed by atoms with Gasteiger partial charge in [0.15, 0.2) is 9.84 Å². The van der Waals surface area contributed by atoms with Crippen LogP contribution in [0, 0.1) is 0 Å². The number of H-pyrrole nitrogens is 1. The zero-order chi connectivity index (χ0) is 20.5. The van der Waals surface area contributed by atoms with Crippen molar-refractivity contribution in [2.75, 3.05) is 12.8 Å². The maximum atomic E-state index is 14.1. The number of aromatic nitrogens is 2. The standard InChI is InChI=1S/C22H29N3O3S/c1-29(27,28)19-16-23-24-20(19)18-12-6-9-15-25(18)21(26)22(13-7-3-8-14-22)17-10-4-2-5-11-17/h2,4-5,10-11,16,18H,3,6-9,12-15H2,1H3,(H,23,24)/t18-/m0/s1. The Labute approximate surface area is 172 Å². The van der Waals surface area contributed by atoms with Gasteiger partial charge in [-0.1, -0.05) is 49.6 Å². The molecular weight excluding hydrogens is 386 g/mol. The van der Waals surface area contributed by atoms with Gasteiger partial charge in [0.25, 0.3) is 0 Å². The highest BCUT2D eigenvalue weighted by atomic mass is 32.2. The SMILES string of the molecule is CS(=O)(=O)c1cn[nH]c1[C@@H]1CCCCN1C(=O)C1(c2ccccc2)CCCCC1. The first-order valence-corrected chi connectivity index (χ1v) is 12.4. The molecule has 1 aromatic heterocycles. The van der Waals surface area contributed by atoms with E-state index in [4.69, 9.17) is 0 Å². The highest BCUT2D eigenvalue weighted by molar-refractivity contribution is 7.90. The molecule has 156 valence electrons. The lowest BCUT2D eigenvalue weighted by molar-refractivity contribution is -0.143. The van der Waals surface area contributed by atoms with Crippen LogP contribution in [0.5, 0.6) is 0 Å². The van der Waals surface area contributed by atoms with E-state index in [-0.39, 0.29) is 16.8 Å². The number of sulfone groups is 1. The van der Waals surface area contributed by atoms with Gasteiger partial charge in [-0.3, -0.25) is 9.89 Å². The van der Waals surface area contributed by atoms with Gasteiger partial charge < -0.3 is 4.90 Å². The minimum atomic E-state index is -3.41. The molecule has 1 amide bonds. The fourth-order valence-electron chi connectivity index (χ4n) is 5.11. The van der Waals surface area contributed by atoms with Crippen molar-refractivity contribution < 1.29 is 13.2 Å². The zero-order valence-electron chi connectivity index (χ0n) is 16.9. The highest BCUT2D eigenvalue weighted by Crippen LogP contribution is 2.44. The smallest absolute Gasteiger partial charge is 0.233 e. The summed E-state index contributed by atoms with van der Waals surface area (Å²) < 4.78 is 24.5. The number of likely N-dealkylation sites (tertiary alicyclic amines) is 1. The summed E-state index contributed by atoms with van der Waals surface area (Å²) in [4.78, 5) is 16.2. The van der Waals surface area contributed by atoms with Crippen molar-refractivity contribution in [2.24, 2.45) is 0 Å². The fraction of sp³-hybridized carbons (Fsp3) is 0.545. The predicted octanol–water partition coefficient (Wildman–Crippen LogP) is 3.77. The molecule has 2 aromatic rings. The molecule has 2 fully saturated rings. The predicted molar refractivity (Wildman–Crippen MR) is 111 cm³/mol. The van der Waals surface area contributed by atoms with E-state index in [1.54, 1.807) is 0 Å². The number of benzene rings is 1. The maximum absolute atomic E-state index is 14.1. The van der Waals surface area contributed by atoms with Crippen LogP contribution in [-0.4, -0.2) is 42.2 Å². The quantitative estimate of drug-likeness (QED) is 0.824. The molecule has 4 rings (SSSR count). The van der Waals surface area contributed by atoms with E-state index in [1.165, 1.54) is 12.5 Å². The highest BCUT2D eigenvalue weighted by Gasteiger charge is 2.46. The maximum Gasteiger partial charge on any atom is 0.233 e. The third-order valence-corrected chi connectivity index (χ3v) is 7.70. The minimum absolute atomic E-state index is 0.141. The summed E-state index contributed by atoms with van der Waals surface area (Å²) in [5.74, 6) is 0.141. The van der Waals surface area contributed by atoms with Crippen molar-refractivity contribution in [2.45, 2.75) is 67.7 Å². The number of nitrogens with zero attached hydrogens (tertiary/aromatic N) is 2. The molecule has 1 atom stereocenters. The second-order valence-corrected chi connectivity index (χ2v) is 10.4. The third kappa shape index (κ3) is 3.72. The molecule has 0 unspecified atom stereocenters. The van der Waals surface area contributed by atoms with Gasteiger partial charge in [-0.25, -0.2) is 8.42 Å². The normalized spacial score (nSPS) is 22.4. The number of amides is 1. The number of piperidine rings is 1. The molecule has 1 saturated heterocycles. The van der Waals surface area contributed by atoms with E-state index < -0.39 is 15.3 Å². The van der Waals surface area contributed by atoms with Crippen molar-refractivity contribution in [1.29, 1.82) is 0 Å². The number of hydrogen-bond acceptors (Lipinski definition) is 4. The van der Waals surface area contributed by atoms with Gasteiger partial charge >= 0.3 is 0 Å². The van der Waals surface area contributed by atoms with Gasteiger partial charge in [0, 0.05) is 12.8 Å². The summed E-state index contributed by atoms with van der Waals surface area (Å²) in [5, 5.41) is 6.90. The number of hydrogen-bond donors (Lipinski definition) is 1. The summed E-state index contributed by atoms with van der Waals surface area (Å²) in [6.45, 7) is 0.653. The van der Waals surface area contributed by atoms with Gasteiger partial charge in [0.1, 0.15) is 4.90 Å². The molecule has 1 aliphatic carbocycles. The number of rotatable bonds is 4. The van der Waals surface area contributed by atoms with Gasteiger partial charge in [-0.05, 0) is 37.7 Å². The van der Waals surface area contributed by atoms with Crippen molar-refractivity contribution in [3.8, 4) is 0 Å². The van der Waals surface area contributed by atoms with Gasteiger partial charge in [0.2, 0.25) is 5.91 Å². The molecule has 2 aliphatic rings. The van der Waals surface area contributed by atoms with E-state index in [0.29, 0.717) is 12.2 Å². The Balaban J connectivity index is 1.74. The second kappa shape index (κ2) is 7.94. The lowest BCUT2D eigenvalue weighted by Crippen LogP contribution is -2.51. The van der Waals surface area contributed by atoms with E-state index in [2.05, 4.69) is 22.3 Å². The topological polar surface area (TPSA) is 83.1 Å². The Morgan fingerprint density at radius 3 is 2.52 bits per heavy atom. The monoisotopic (exact) mass is 415 g/mol. The van der Waals surface area contributed by atoms with Crippen LogP contribution < -0.4 is 0 Å².